The van der Waals surface area contributed by atoms with E-state index in [-0.39, 0.29) is 0 Å². The van der Waals surface area contributed by atoms with E-state index in [0.717, 1.165) is 18.8 Å². The molecule has 0 fully saturated rings. The van der Waals surface area contributed by atoms with Gasteiger partial charge in [0.2, 0.25) is 6.26 Å². The summed E-state index contributed by atoms with van der Waals surface area (Å²) in [5, 5.41) is 0. The van der Waals surface area contributed by atoms with Gasteiger partial charge >= 0.3 is 0 Å². The van der Waals surface area contributed by atoms with Gasteiger partial charge in [-0.1, -0.05) is 39.0 Å². The molecule has 0 aromatic carbocycles. The second-order valence-corrected chi connectivity index (χ2v) is 3.84. The van der Waals surface area contributed by atoms with E-state index in [1.807, 2.05) is 6.08 Å². The van der Waals surface area contributed by atoms with E-state index < -0.39 is 0 Å². The summed E-state index contributed by atoms with van der Waals surface area (Å²) in [6.45, 7) is 3.66. The zero-order valence-corrected chi connectivity index (χ0v) is 9.63. The molecule has 0 bridgehead atoms. The first-order valence-corrected chi connectivity index (χ1v) is 5.96. The van der Waals surface area contributed by atoms with Crippen molar-refractivity contribution >= 4 is 0 Å². The van der Waals surface area contributed by atoms with E-state index in [0.29, 0.717) is 6.61 Å². The molecule has 0 amide bonds. The molecular weight excluding hydrogens is 188 g/mol. The van der Waals surface area contributed by atoms with Gasteiger partial charge in [0.1, 0.15) is 6.08 Å². The van der Waals surface area contributed by atoms with Gasteiger partial charge in [-0.15, -0.1) is 0 Å². The van der Waals surface area contributed by atoms with E-state index in [1.54, 1.807) is 6.08 Å². The van der Waals surface area contributed by atoms with Crippen molar-refractivity contribution in [1.29, 1.82) is 0 Å². The van der Waals surface area contributed by atoms with Crippen molar-refractivity contribution in [3.8, 4) is 0 Å². The molecule has 2 heteroatoms. The monoisotopic (exact) mass is 209 g/mol. The molecule has 0 aromatic rings. The smallest absolute Gasteiger partial charge is 0.292 e. The summed E-state index contributed by atoms with van der Waals surface area (Å²) in [4.78, 5) is 0. The van der Waals surface area contributed by atoms with Crippen LogP contribution in [0.25, 0.3) is 0 Å². The SMILES string of the molecule is CCCCCCCCOCC1=CC=[C+]O1. The Morgan fingerprint density at radius 2 is 2.00 bits per heavy atom. The van der Waals surface area contributed by atoms with E-state index in [2.05, 4.69) is 13.2 Å². The molecule has 1 heterocycles. The Bertz CT molecular complexity index is 207. The third-order valence-corrected chi connectivity index (χ3v) is 2.41. The van der Waals surface area contributed by atoms with Crippen molar-refractivity contribution < 1.29 is 9.47 Å². The Morgan fingerprint density at radius 3 is 2.73 bits per heavy atom. The summed E-state index contributed by atoms with van der Waals surface area (Å²) >= 11 is 0. The minimum Gasteiger partial charge on any atom is -0.358 e. The third-order valence-electron chi connectivity index (χ3n) is 2.41. The number of allylic oxidation sites excluding steroid dienone is 2. The topological polar surface area (TPSA) is 18.5 Å². The van der Waals surface area contributed by atoms with Gasteiger partial charge in [-0.05, 0) is 6.42 Å². The molecule has 84 valence electrons. The van der Waals surface area contributed by atoms with Crippen LogP contribution in [0.1, 0.15) is 45.4 Å². The van der Waals surface area contributed by atoms with Gasteiger partial charge in [0, 0.05) is 6.61 Å². The van der Waals surface area contributed by atoms with Gasteiger partial charge in [-0.3, -0.25) is 4.74 Å². The predicted octanol–water partition coefficient (Wildman–Crippen LogP) is 3.59. The largest absolute Gasteiger partial charge is 0.358 e. The van der Waals surface area contributed by atoms with E-state index in [1.165, 1.54) is 32.1 Å². The molecule has 0 aromatic heterocycles. The van der Waals surface area contributed by atoms with Crippen molar-refractivity contribution in [3.63, 3.8) is 0 Å². The highest BCUT2D eigenvalue weighted by Crippen LogP contribution is 2.07. The molecule has 1 rings (SSSR count). The van der Waals surface area contributed by atoms with Gasteiger partial charge < -0.3 is 4.74 Å². The summed E-state index contributed by atoms with van der Waals surface area (Å²) < 4.78 is 10.5. The summed E-state index contributed by atoms with van der Waals surface area (Å²) in [5.74, 6) is 0.862. The Hall–Kier alpha value is -0.850. The maximum Gasteiger partial charge on any atom is 0.292 e. The fraction of sp³-hybridized carbons (Fsp3) is 0.692. The summed E-state index contributed by atoms with van der Waals surface area (Å²) in [6.07, 6.45) is 14.1. The maximum atomic E-state index is 5.47. The van der Waals surface area contributed by atoms with Crippen LogP contribution >= 0.6 is 0 Å². The number of unbranched alkanes of at least 4 members (excludes halogenated alkanes) is 5. The molecule has 0 atom stereocenters. The molecule has 0 spiro atoms. The predicted molar refractivity (Wildman–Crippen MR) is 61.2 cm³/mol. The molecule has 0 N–H and O–H groups in total. The van der Waals surface area contributed by atoms with Crippen LogP contribution in [0.4, 0.5) is 0 Å². The highest BCUT2D eigenvalue weighted by Gasteiger charge is 2.11. The summed E-state index contributed by atoms with van der Waals surface area (Å²) in [5.41, 5.74) is 0. The maximum absolute atomic E-state index is 5.47. The Labute approximate surface area is 93.0 Å². The molecular formula is C13H21O2+. The molecule has 0 radical (unpaired) electrons. The molecule has 2 nitrogen and oxygen atoms in total. The van der Waals surface area contributed by atoms with Crippen LogP contribution in [0, 0.1) is 6.26 Å². The summed E-state index contributed by atoms with van der Waals surface area (Å²) in [6, 6.07) is 0. The minimum absolute atomic E-state index is 0.582. The zero-order chi connectivity index (χ0) is 10.8. The molecule has 1 aliphatic heterocycles. The molecule has 0 saturated carbocycles. The standard InChI is InChI=1S/C13H21O2/c1-2-3-4-5-6-7-10-14-12-13-9-8-11-15-13/h8-9H,2-7,10,12H2,1H3/q+1. The quantitative estimate of drug-likeness (QED) is 0.427. The second-order valence-electron chi connectivity index (χ2n) is 3.84. The number of hydrogen-bond acceptors (Lipinski definition) is 2. The van der Waals surface area contributed by atoms with Crippen molar-refractivity contribution in [2.75, 3.05) is 13.2 Å². The molecule has 0 unspecified atom stereocenters. The number of ether oxygens (including phenoxy) is 2. The highest BCUT2D eigenvalue weighted by atomic mass is 16.5. The Kier molecular flexibility index (Phi) is 6.89. The fourth-order valence-electron chi connectivity index (χ4n) is 1.51. The number of rotatable bonds is 9. The van der Waals surface area contributed by atoms with Crippen LogP contribution in [-0.2, 0) is 9.47 Å². The first kappa shape index (κ1) is 12.2. The first-order valence-electron chi connectivity index (χ1n) is 5.96. The van der Waals surface area contributed by atoms with Gasteiger partial charge in [0.25, 0.3) is 5.76 Å². The van der Waals surface area contributed by atoms with Gasteiger partial charge in [0.15, 0.2) is 12.7 Å². The molecule has 15 heavy (non-hydrogen) atoms. The van der Waals surface area contributed by atoms with Gasteiger partial charge in [-0.2, -0.15) is 0 Å². The van der Waals surface area contributed by atoms with E-state index >= 15 is 0 Å². The lowest BCUT2D eigenvalue weighted by molar-refractivity contribution is 0.119. The van der Waals surface area contributed by atoms with Crippen LogP contribution in [0.15, 0.2) is 17.9 Å². The lowest BCUT2D eigenvalue weighted by atomic mass is 10.1. The van der Waals surface area contributed by atoms with Crippen LogP contribution in [0.3, 0.4) is 0 Å². The molecule has 1 aliphatic rings. The van der Waals surface area contributed by atoms with E-state index in [4.69, 9.17) is 9.47 Å². The minimum atomic E-state index is 0.582. The highest BCUT2D eigenvalue weighted by molar-refractivity contribution is 5.10. The average Bonchev–Trinajstić information content (AvgIpc) is 2.75. The zero-order valence-electron chi connectivity index (χ0n) is 9.63. The van der Waals surface area contributed by atoms with Crippen molar-refractivity contribution in [2.45, 2.75) is 45.4 Å². The average molecular weight is 209 g/mol. The van der Waals surface area contributed by atoms with Crippen molar-refractivity contribution in [1.82, 2.24) is 0 Å². The van der Waals surface area contributed by atoms with Gasteiger partial charge in [0.05, 0.1) is 0 Å². The fourth-order valence-corrected chi connectivity index (χ4v) is 1.51. The van der Waals surface area contributed by atoms with Crippen molar-refractivity contribution in [3.05, 3.63) is 24.2 Å². The molecule has 0 aliphatic carbocycles. The normalized spacial score (nSPS) is 13.5. The van der Waals surface area contributed by atoms with Gasteiger partial charge in [-0.25, -0.2) is 0 Å². The summed E-state index contributed by atoms with van der Waals surface area (Å²) in [7, 11) is 0. The first-order chi connectivity index (χ1) is 7.43. The number of hydrogen-bond donors (Lipinski definition) is 0. The lowest BCUT2D eigenvalue weighted by Crippen LogP contribution is -2.00. The lowest BCUT2D eigenvalue weighted by Gasteiger charge is -2.01. The second kappa shape index (κ2) is 8.46. The third kappa shape index (κ3) is 6.27. The van der Waals surface area contributed by atoms with E-state index in [9.17, 15) is 0 Å². The van der Waals surface area contributed by atoms with Crippen LogP contribution in [0.5, 0.6) is 0 Å². The van der Waals surface area contributed by atoms with Crippen LogP contribution in [0.2, 0.25) is 0 Å². The Morgan fingerprint density at radius 1 is 1.20 bits per heavy atom. The van der Waals surface area contributed by atoms with Crippen molar-refractivity contribution in [2.24, 2.45) is 0 Å². The molecule has 0 saturated heterocycles. The van der Waals surface area contributed by atoms with Crippen LogP contribution < -0.4 is 0 Å². The van der Waals surface area contributed by atoms with Crippen LogP contribution in [-0.4, -0.2) is 13.2 Å². The Balaban J connectivity index is 1.77.